The number of carbonyl (C=O) groups is 4. The molecule has 22 heteroatoms. The van der Waals surface area contributed by atoms with E-state index in [4.69, 9.17) is 18.9 Å². The van der Waals surface area contributed by atoms with Gasteiger partial charge in [0.1, 0.15) is 31.6 Å². The summed E-state index contributed by atoms with van der Waals surface area (Å²) in [4.78, 5) is 91.8. The van der Waals surface area contributed by atoms with Gasteiger partial charge >= 0.3 is 18.2 Å². The van der Waals surface area contributed by atoms with E-state index in [9.17, 15) is 49.5 Å². The Morgan fingerprint density at radius 2 is 1.32 bits per heavy atom. The lowest BCUT2D eigenvalue weighted by molar-refractivity contribution is -0.385. The minimum Gasteiger partial charge on any atom is -0.456 e. The zero-order valence-corrected chi connectivity index (χ0v) is 30.2. The summed E-state index contributed by atoms with van der Waals surface area (Å²) >= 11 is 1.03. The summed E-state index contributed by atoms with van der Waals surface area (Å²) in [5.41, 5.74) is 0.935. The summed E-state index contributed by atoms with van der Waals surface area (Å²) in [7, 11) is 0. The van der Waals surface area contributed by atoms with Crippen LogP contribution in [0.25, 0.3) is 0 Å². The number of β-lactam (4-membered cyclic amide) rings is 1. The number of hydrogen-bond donors (Lipinski definition) is 2. The monoisotopic (exact) mass is 803 g/mol. The SMILES string of the molecule is CC(OC(=O)OCc1ccc([N+](=O)[O-])cc1)C1C(=O)N2C(C(=O)OCc3ccc([N+](=O)[O-])cc3)=C(Sc3cnc(NC(=O)OCc4ccc([N+](=O)[O-])cc4)[nH]3)C[C@H]12. The number of fused-ring (bicyclic) bond motifs is 1. The fourth-order valence-electron chi connectivity index (χ4n) is 5.89. The van der Waals surface area contributed by atoms with Crippen molar-refractivity contribution in [2.45, 2.75) is 50.3 Å². The van der Waals surface area contributed by atoms with Gasteiger partial charge in [-0.15, -0.1) is 0 Å². The first kappa shape index (κ1) is 39.3. The van der Waals surface area contributed by atoms with Crippen LogP contribution in [0.4, 0.5) is 32.6 Å². The highest BCUT2D eigenvalue weighted by Crippen LogP contribution is 2.49. The smallest absolute Gasteiger partial charge is 0.456 e. The van der Waals surface area contributed by atoms with Gasteiger partial charge in [0.15, 0.2) is 0 Å². The number of nitrogens with one attached hydrogen (secondary N) is 2. The molecule has 0 saturated carbocycles. The van der Waals surface area contributed by atoms with E-state index >= 15 is 0 Å². The molecule has 1 fully saturated rings. The highest BCUT2D eigenvalue weighted by Gasteiger charge is 2.58. The van der Waals surface area contributed by atoms with Crippen LogP contribution in [0.1, 0.15) is 30.0 Å². The van der Waals surface area contributed by atoms with E-state index in [-0.39, 0.29) is 54.9 Å². The molecule has 21 nitrogen and oxygen atoms in total. The lowest BCUT2D eigenvalue weighted by atomic mass is 9.83. The van der Waals surface area contributed by atoms with Gasteiger partial charge in [0.05, 0.1) is 38.0 Å². The van der Waals surface area contributed by atoms with Crippen molar-refractivity contribution in [2.75, 3.05) is 5.32 Å². The van der Waals surface area contributed by atoms with E-state index in [2.05, 4.69) is 15.3 Å². The Morgan fingerprint density at radius 1 is 0.825 bits per heavy atom. The summed E-state index contributed by atoms with van der Waals surface area (Å²) in [5.74, 6) is -2.29. The Labute approximate surface area is 324 Å². The van der Waals surface area contributed by atoms with Crippen molar-refractivity contribution < 1.29 is 52.9 Å². The number of benzene rings is 3. The summed E-state index contributed by atoms with van der Waals surface area (Å²) in [6.07, 6.45) is -1.46. The molecule has 0 spiro atoms. The van der Waals surface area contributed by atoms with Crippen LogP contribution in [0, 0.1) is 36.3 Å². The zero-order valence-electron chi connectivity index (χ0n) is 29.4. The normalized spacial score (nSPS) is 16.2. The number of nitro benzene ring substituents is 3. The number of imidazole rings is 1. The predicted octanol–water partition coefficient (Wildman–Crippen LogP) is 5.90. The molecule has 2 unspecified atom stereocenters. The number of ether oxygens (including phenoxy) is 4. The van der Waals surface area contributed by atoms with E-state index in [1.54, 1.807) is 0 Å². The van der Waals surface area contributed by atoms with Crippen LogP contribution in [0.3, 0.4) is 0 Å². The van der Waals surface area contributed by atoms with Crippen molar-refractivity contribution in [1.82, 2.24) is 14.9 Å². The Morgan fingerprint density at radius 3 is 1.82 bits per heavy atom. The molecule has 2 aliphatic rings. The van der Waals surface area contributed by atoms with Gasteiger partial charge in [0.25, 0.3) is 17.1 Å². The molecule has 0 aliphatic carbocycles. The molecule has 4 aromatic rings. The number of amides is 2. The van der Waals surface area contributed by atoms with Crippen molar-refractivity contribution >= 4 is 58.9 Å². The number of rotatable bonds is 15. The molecule has 2 N–H and O–H groups in total. The Balaban J connectivity index is 1.10. The molecule has 3 heterocycles. The van der Waals surface area contributed by atoms with E-state index in [0.29, 0.717) is 26.6 Å². The molecule has 3 atom stereocenters. The maximum Gasteiger partial charge on any atom is 0.508 e. The van der Waals surface area contributed by atoms with Gasteiger partial charge in [0, 0.05) is 47.7 Å². The first-order chi connectivity index (χ1) is 27.3. The summed E-state index contributed by atoms with van der Waals surface area (Å²) in [6, 6.07) is 15.5. The largest absolute Gasteiger partial charge is 0.508 e. The van der Waals surface area contributed by atoms with E-state index < -0.39 is 57.0 Å². The van der Waals surface area contributed by atoms with E-state index in [1.165, 1.54) is 90.8 Å². The van der Waals surface area contributed by atoms with Crippen LogP contribution in [0.5, 0.6) is 0 Å². The van der Waals surface area contributed by atoms with Crippen molar-refractivity contribution in [3.63, 3.8) is 0 Å². The van der Waals surface area contributed by atoms with Crippen LogP contribution in [-0.4, -0.2) is 65.9 Å². The number of nitro groups is 3. The van der Waals surface area contributed by atoms with Crippen molar-refractivity contribution in [3.8, 4) is 0 Å². The lowest BCUT2D eigenvalue weighted by Gasteiger charge is -2.45. The van der Waals surface area contributed by atoms with Crippen LogP contribution >= 0.6 is 11.8 Å². The Hall–Kier alpha value is -7.36. The van der Waals surface area contributed by atoms with Crippen LogP contribution in [0.15, 0.2) is 94.6 Å². The first-order valence-electron chi connectivity index (χ1n) is 16.7. The van der Waals surface area contributed by atoms with E-state index in [1.807, 2.05) is 0 Å². The predicted molar refractivity (Wildman–Crippen MR) is 194 cm³/mol. The second-order valence-electron chi connectivity index (χ2n) is 12.4. The van der Waals surface area contributed by atoms with Gasteiger partial charge in [-0.1, -0.05) is 11.8 Å². The molecule has 294 valence electrons. The number of aromatic nitrogens is 2. The number of nitrogens with zero attached hydrogens (tertiary/aromatic N) is 5. The van der Waals surface area contributed by atoms with Gasteiger partial charge in [-0.3, -0.25) is 40.5 Å². The zero-order chi connectivity index (χ0) is 40.8. The number of esters is 1. The fourth-order valence-corrected chi connectivity index (χ4v) is 6.94. The molecule has 2 amide bonds. The number of thioether (sulfide) groups is 1. The van der Waals surface area contributed by atoms with Gasteiger partial charge in [0.2, 0.25) is 11.9 Å². The Kier molecular flexibility index (Phi) is 11.7. The molecule has 0 bridgehead atoms. The van der Waals surface area contributed by atoms with Crippen LogP contribution in [-0.2, 0) is 48.4 Å². The maximum atomic E-state index is 13.6. The van der Waals surface area contributed by atoms with Crippen molar-refractivity contribution in [2.24, 2.45) is 5.92 Å². The number of hydrogen-bond acceptors (Lipinski definition) is 16. The quantitative estimate of drug-likeness (QED) is 0.0465. The van der Waals surface area contributed by atoms with Gasteiger partial charge in [-0.25, -0.2) is 19.4 Å². The molecule has 1 aromatic heterocycles. The van der Waals surface area contributed by atoms with Crippen molar-refractivity contribution in [1.29, 1.82) is 0 Å². The van der Waals surface area contributed by atoms with Gasteiger partial charge in [-0.05, 0) is 60.0 Å². The standard InChI is InChI=1S/C35H29N7O14S/c1-19(56-35(46)55-18-22-6-12-25(13-7-22)42(51)52)29-26-14-27(30(39(26)31(29)43)32(44)53-16-20-2-8-23(9-3-20)40(47)48)57-28-15-36-33(37-28)38-34(45)54-17-21-4-10-24(11-5-21)41(49)50/h2-13,15,19,26,29H,14,16-18H2,1H3,(H2,36,37,38,45)/t19?,26-,29?/m1/s1. The average Bonchev–Trinajstić information content (AvgIpc) is 3.77. The van der Waals surface area contributed by atoms with Gasteiger partial charge in [-0.2, -0.15) is 0 Å². The molecule has 3 aromatic carbocycles. The molecular formula is C35H29N7O14S. The molecular weight excluding hydrogens is 774 g/mol. The van der Waals surface area contributed by atoms with Gasteiger partial charge < -0.3 is 28.8 Å². The third kappa shape index (κ3) is 9.30. The fraction of sp³-hybridized carbons (Fsp3) is 0.229. The average molecular weight is 804 g/mol. The molecule has 2 aliphatic heterocycles. The first-order valence-corrected chi connectivity index (χ1v) is 17.5. The second-order valence-corrected chi connectivity index (χ2v) is 13.5. The minimum absolute atomic E-state index is 0.0152. The molecule has 57 heavy (non-hydrogen) atoms. The summed E-state index contributed by atoms with van der Waals surface area (Å²) in [5, 5.41) is 35.6. The number of carbonyl (C=O) groups excluding carboxylic acids is 4. The molecule has 0 radical (unpaired) electrons. The maximum absolute atomic E-state index is 13.6. The summed E-state index contributed by atoms with van der Waals surface area (Å²) in [6.45, 7) is 0.798. The number of H-pyrrole nitrogens is 1. The lowest BCUT2D eigenvalue weighted by Crippen LogP contribution is -2.62. The highest BCUT2D eigenvalue weighted by molar-refractivity contribution is 8.03. The highest BCUT2D eigenvalue weighted by atomic mass is 32.2. The topological polar surface area (TPSA) is 279 Å². The third-order valence-electron chi connectivity index (χ3n) is 8.69. The number of non-ortho nitro benzene ring substituents is 3. The molecule has 6 rings (SSSR count). The van der Waals surface area contributed by atoms with Crippen LogP contribution < -0.4 is 5.32 Å². The molecule has 1 saturated heterocycles. The summed E-state index contributed by atoms with van der Waals surface area (Å²) < 4.78 is 21.2. The number of aromatic amines is 1. The number of anilines is 1. The van der Waals surface area contributed by atoms with E-state index in [0.717, 1.165) is 11.8 Å². The third-order valence-corrected chi connectivity index (χ3v) is 9.73. The van der Waals surface area contributed by atoms with Crippen molar-refractivity contribution in [3.05, 3.63) is 137 Å². The Bertz CT molecular complexity index is 2260. The van der Waals surface area contributed by atoms with Crippen LogP contribution in [0.2, 0.25) is 0 Å². The minimum atomic E-state index is -1.08. The second kappa shape index (κ2) is 17.0.